The highest BCUT2D eigenvalue weighted by Gasteiger charge is 2.27. The molecular formula is C14H16N4O3S. The van der Waals surface area contributed by atoms with E-state index in [1.54, 1.807) is 11.3 Å². The van der Waals surface area contributed by atoms with Crippen molar-refractivity contribution >= 4 is 33.5 Å². The monoisotopic (exact) mass is 320 g/mol. The number of aromatic nitrogens is 1. The van der Waals surface area contributed by atoms with Crippen molar-refractivity contribution in [2.45, 2.75) is 12.6 Å². The van der Waals surface area contributed by atoms with Crippen molar-refractivity contribution in [3.8, 4) is 0 Å². The summed E-state index contributed by atoms with van der Waals surface area (Å²) in [4.78, 5) is 29.3. The van der Waals surface area contributed by atoms with E-state index in [2.05, 4.69) is 10.3 Å². The molecule has 3 amide bonds. The van der Waals surface area contributed by atoms with Gasteiger partial charge in [-0.25, -0.2) is 9.78 Å². The summed E-state index contributed by atoms with van der Waals surface area (Å²) in [5.74, 6) is -0.552. The predicted molar refractivity (Wildman–Crippen MR) is 82.4 cm³/mol. The summed E-state index contributed by atoms with van der Waals surface area (Å²) in [6.07, 6.45) is -0.734. The molecule has 0 radical (unpaired) electrons. The summed E-state index contributed by atoms with van der Waals surface area (Å²) < 4.78 is 6.31. The van der Waals surface area contributed by atoms with Crippen molar-refractivity contribution in [3.63, 3.8) is 0 Å². The van der Waals surface area contributed by atoms with Crippen molar-refractivity contribution in [3.05, 3.63) is 29.3 Å². The number of thiazole rings is 1. The SMILES string of the molecule is NC(=O)C1CN(C(=O)NCc2nc3ccccc3s2)CCO1. The molecule has 2 aromatic rings. The zero-order valence-electron chi connectivity index (χ0n) is 11.8. The molecule has 1 aromatic carbocycles. The van der Waals surface area contributed by atoms with E-state index in [0.717, 1.165) is 15.2 Å². The number of nitrogens with zero attached hydrogens (tertiary/aromatic N) is 2. The van der Waals surface area contributed by atoms with Gasteiger partial charge in [0.05, 0.1) is 29.9 Å². The highest BCUT2D eigenvalue weighted by molar-refractivity contribution is 7.18. The van der Waals surface area contributed by atoms with Crippen LogP contribution in [0.2, 0.25) is 0 Å². The lowest BCUT2D eigenvalue weighted by atomic mass is 10.2. The highest BCUT2D eigenvalue weighted by Crippen LogP contribution is 2.21. The molecule has 0 saturated carbocycles. The second kappa shape index (κ2) is 6.29. The number of urea groups is 1. The Balaban J connectivity index is 1.58. The summed E-state index contributed by atoms with van der Waals surface area (Å²) in [6.45, 7) is 1.29. The Morgan fingerprint density at radius 1 is 1.45 bits per heavy atom. The average molecular weight is 320 g/mol. The van der Waals surface area contributed by atoms with Gasteiger partial charge in [0.2, 0.25) is 5.91 Å². The van der Waals surface area contributed by atoms with Crippen LogP contribution < -0.4 is 11.1 Å². The molecule has 0 bridgehead atoms. The van der Waals surface area contributed by atoms with E-state index in [1.165, 1.54) is 4.90 Å². The molecule has 116 valence electrons. The Labute approximate surface area is 131 Å². The minimum Gasteiger partial charge on any atom is -0.367 e. The summed E-state index contributed by atoms with van der Waals surface area (Å²) >= 11 is 1.55. The number of nitrogens with two attached hydrogens (primary N) is 1. The normalized spacial score (nSPS) is 18.4. The maximum atomic E-state index is 12.1. The third kappa shape index (κ3) is 3.18. The molecule has 3 N–H and O–H groups in total. The molecule has 0 aliphatic carbocycles. The smallest absolute Gasteiger partial charge is 0.317 e. The van der Waals surface area contributed by atoms with Gasteiger partial charge in [0, 0.05) is 6.54 Å². The van der Waals surface area contributed by atoms with E-state index in [0.29, 0.717) is 19.7 Å². The summed E-state index contributed by atoms with van der Waals surface area (Å²) in [5.41, 5.74) is 6.13. The maximum absolute atomic E-state index is 12.1. The quantitative estimate of drug-likeness (QED) is 0.869. The van der Waals surface area contributed by atoms with Crippen molar-refractivity contribution in [1.29, 1.82) is 0 Å². The van der Waals surface area contributed by atoms with Crippen molar-refractivity contribution in [2.24, 2.45) is 5.73 Å². The van der Waals surface area contributed by atoms with Crippen LogP contribution in [0.15, 0.2) is 24.3 Å². The van der Waals surface area contributed by atoms with E-state index < -0.39 is 12.0 Å². The molecule has 1 unspecified atom stereocenters. The second-order valence-electron chi connectivity index (χ2n) is 4.94. The molecule has 1 aliphatic rings. The number of rotatable bonds is 3. The fourth-order valence-corrected chi connectivity index (χ4v) is 3.17. The number of hydrogen-bond donors (Lipinski definition) is 2. The first-order valence-corrected chi connectivity index (χ1v) is 7.73. The summed E-state index contributed by atoms with van der Waals surface area (Å²) in [7, 11) is 0. The number of hydrogen-bond acceptors (Lipinski definition) is 5. The molecule has 1 atom stereocenters. The molecule has 1 saturated heterocycles. The number of carbonyl (C=O) groups excluding carboxylic acids is 2. The molecular weight excluding hydrogens is 304 g/mol. The van der Waals surface area contributed by atoms with Gasteiger partial charge in [-0.05, 0) is 12.1 Å². The van der Waals surface area contributed by atoms with Gasteiger partial charge in [-0.3, -0.25) is 4.79 Å². The van der Waals surface area contributed by atoms with Gasteiger partial charge in [0.1, 0.15) is 5.01 Å². The largest absolute Gasteiger partial charge is 0.367 e. The molecule has 2 heterocycles. The maximum Gasteiger partial charge on any atom is 0.317 e. The van der Waals surface area contributed by atoms with Gasteiger partial charge in [0.25, 0.3) is 0 Å². The highest BCUT2D eigenvalue weighted by atomic mass is 32.1. The molecule has 7 nitrogen and oxygen atoms in total. The number of para-hydroxylation sites is 1. The first kappa shape index (κ1) is 14.7. The number of nitrogens with one attached hydrogen (secondary N) is 1. The van der Waals surface area contributed by atoms with E-state index in [4.69, 9.17) is 10.5 Å². The number of fused-ring (bicyclic) bond motifs is 1. The third-order valence-corrected chi connectivity index (χ3v) is 4.44. The number of amides is 3. The van der Waals surface area contributed by atoms with Crippen LogP contribution in [0, 0.1) is 0 Å². The van der Waals surface area contributed by atoms with Crippen LogP contribution in [0.1, 0.15) is 5.01 Å². The van der Waals surface area contributed by atoms with E-state index in [9.17, 15) is 9.59 Å². The van der Waals surface area contributed by atoms with E-state index >= 15 is 0 Å². The Morgan fingerprint density at radius 3 is 3.05 bits per heavy atom. The molecule has 1 aromatic heterocycles. The standard InChI is InChI=1S/C14H16N4O3S/c15-13(19)10-8-18(5-6-21-10)14(20)16-7-12-17-9-3-1-2-4-11(9)22-12/h1-4,10H,5-8H2,(H2,15,19)(H,16,20). The van der Waals surface area contributed by atoms with Crippen LogP contribution in [0.25, 0.3) is 10.2 Å². The van der Waals surface area contributed by atoms with Crippen molar-refractivity contribution in [1.82, 2.24) is 15.2 Å². The first-order valence-electron chi connectivity index (χ1n) is 6.91. The molecule has 0 spiro atoms. The van der Waals surface area contributed by atoms with E-state index in [-0.39, 0.29) is 12.6 Å². The lowest BCUT2D eigenvalue weighted by Crippen LogP contribution is -2.53. The fraction of sp³-hybridized carbons (Fsp3) is 0.357. The zero-order chi connectivity index (χ0) is 15.5. The number of primary amides is 1. The third-order valence-electron chi connectivity index (χ3n) is 3.40. The zero-order valence-corrected chi connectivity index (χ0v) is 12.6. The lowest BCUT2D eigenvalue weighted by Gasteiger charge is -2.31. The van der Waals surface area contributed by atoms with Gasteiger partial charge >= 0.3 is 6.03 Å². The van der Waals surface area contributed by atoms with Crippen LogP contribution in [0.5, 0.6) is 0 Å². The van der Waals surface area contributed by atoms with Gasteiger partial charge in [-0.1, -0.05) is 12.1 Å². The van der Waals surface area contributed by atoms with Gasteiger partial charge < -0.3 is 20.7 Å². The Morgan fingerprint density at radius 2 is 2.27 bits per heavy atom. The Hall–Kier alpha value is -2.19. The van der Waals surface area contributed by atoms with Crippen molar-refractivity contribution in [2.75, 3.05) is 19.7 Å². The number of morpholine rings is 1. The van der Waals surface area contributed by atoms with Gasteiger partial charge in [-0.15, -0.1) is 11.3 Å². The van der Waals surface area contributed by atoms with Crippen LogP contribution in [0.4, 0.5) is 4.79 Å². The fourth-order valence-electron chi connectivity index (χ4n) is 2.26. The van der Waals surface area contributed by atoms with Gasteiger partial charge in [0.15, 0.2) is 6.10 Å². The van der Waals surface area contributed by atoms with Crippen molar-refractivity contribution < 1.29 is 14.3 Å². The first-order chi connectivity index (χ1) is 10.6. The Bertz CT molecular complexity index is 669. The topological polar surface area (TPSA) is 97.6 Å². The second-order valence-corrected chi connectivity index (χ2v) is 6.06. The molecule has 3 rings (SSSR count). The minimum atomic E-state index is -0.734. The average Bonchev–Trinajstić information content (AvgIpc) is 2.95. The molecule has 1 fully saturated rings. The summed E-state index contributed by atoms with van der Waals surface area (Å²) in [6, 6.07) is 7.59. The molecule has 22 heavy (non-hydrogen) atoms. The summed E-state index contributed by atoms with van der Waals surface area (Å²) in [5, 5.41) is 3.66. The predicted octanol–water partition coefficient (Wildman–Crippen LogP) is 0.692. The number of ether oxygens (including phenoxy) is 1. The van der Waals surface area contributed by atoms with Crippen LogP contribution in [-0.2, 0) is 16.1 Å². The van der Waals surface area contributed by atoms with E-state index in [1.807, 2.05) is 24.3 Å². The molecule has 1 aliphatic heterocycles. The van der Waals surface area contributed by atoms with Crippen LogP contribution in [0.3, 0.4) is 0 Å². The van der Waals surface area contributed by atoms with Gasteiger partial charge in [-0.2, -0.15) is 0 Å². The molecule has 8 heteroatoms. The number of benzene rings is 1. The Kier molecular flexibility index (Phi) is 4.21. The van der Waals surface area contributed by atoms with Crippen LogP contribution in [-0.4, -0.2) is 47.6 Å². The van der Waals surface area contributed by atoms with Crippen LogP contribution >= 0.6 is 11.3 Å². The lowest BCUT2D eigenvalue weighted by molar-refractivity contribution is -0.133. The minimum absolute atomic E-state index is 0.182. The number of carbonyl (C=O) groups is 2.